The van der Waals surface area contributed by atoms with Crippen LogP contribution >= 0.6 is 0 Å². The second kappa shape index (κ2) is 6.32. The van der Waals surface area contributed by atoms with E-state index in [2.05, 4.69) is 17.2 Å². The van der Waals surface area contributed by atoms with Crippen molar-refractivity contribution < 1.29 is 4.79 Å². The molecule has 1 unspecified atom stereocenters. The van der Waals surface area contributed by atoms with Crippen molar-refractivity contribution >= 4 is 5.91 Å². The fraction of sp³-hybridized carbons (Fsp3) is 0.200. The number of likely N-dealkylation sites (tertiary alicyclic amines) is 1. The Balaban J connectivity index is 1.56. The van der Waals surface area contributed by atoms with Crippen molar-refractivity contribution in [1.82, 2.24) is 14.7 Å². The Hall–Kier alpha value is -2.88. The molecule has 4 rings (SSSR count). The predicted molar refractivity (Wildman–Crippen MR) is 93.0 cm³/mol. The lowest BCUT2D eigenvalue weighted by molar-refractivity contribution is 0.0735. The highest BCUT2D eigenvalue weighted by Crippen LogP contribution is 2.33. The van der Waals surface area contributed by atoms with E-state index in [-0.39, 0.29) is 11.9 Å². The maximum Gasteiger partial charge on any atom is 0.254 e. The minimum absolute atomic E-state index is 0.105. The Morgan fingerprint density at radius 2 is 1.79 bits per heavy atom. The maximum absolute atomic E-state index is 12.9. The molecule has 0 bridgehead atoms. The lowest BCUT2D eigenvalue weighted by atomic mass is 10.0. The Morgan fingerprint density at radius 1 is 1.00 bits per heavy atom. The van der Waals surface area contributed by atoms with Crippen molar-refractivity contribution in [2.24, 2.45) is 0 Å². The molecule has 24 heavy (non-hydrogen) atoms. The molecule has 0 spiro atoms. The summed E-state index contributed by atoms with van der Waals surface area (Å²) >= 11 is 0. The second-order valence-electron chi connectivity index (χ2n) is 6.06. The SMILES string of the molecule is O=C(c1ccc(-n2cccn2)cc1)N1CCCC1c1ccccc1. The fourth-order valence-electron chi connectivity index (χ4n) is 3.38. The van der Waals surface area contributed by atoms with Gasteiger partial charge in [0.15, 0.2) is 0 Å². The third-order valence-electron chi connectivity index (χ3n) is 4.58. The van der Waals surface area contributed by atoms with Gasteiger partial charge in [0.05, 0.1) is 11.7 Å². The second-order valence-corrected chi connectivity index (χ2v) is 6.06. The van der Waals surface area contributed by atoms with Crippen LogP contribution in [0.4, 0.5) is 0 Å². The van der Waals surface area contributed by atoms with Crippen LogP contribution in [0.2, 0.25) is 0 Å². The largest absolute Gasteiger partial charge is 0.332 e. The Bertz CT molecular complexity index is 810. The van der Waals surface area contributed by atoms with Gasteiger partial charge in [0.1, 0.15) is 0 Å². The standard InChI is InChI=1S/C20H19N3O/c24-20(17-9-11-18(12-10-17)23-15-5-13-21-23)22-14-4-8-19(22)16-6-2-1-3-7-16/h1-3,5-7,9-13,15,19H,4,8,14H2. The fourth-order valence-corrected chi connectivity index (χ4v) is 3.38. The molecule has 2 aromatic carbocycles. The van der Waals surface area contributed by atoms with E-state index in [0.29, 0.717) is 0 Å². The Labute approximate surface area is 141 Å². The van der Waals surface area contributed by atoms with Crippen molar-refractivity contribution in [3.8, 4) is 5.69 Å². The molecule has 0 saturated carbocycles. The normalized spacial score (nSPS) is 17.2. The first-order valence-electron chi connectivity index (χ1n) is 8.29. The first-order valence-corrected chi connectivity index (χ1v) is 8.29. The number of hydrogen-bond acceptors (Lipinski definition) is 2. The molecular weight excluding hydrogens is 298 g/mol. The zero-order valence-corrected chi connectivity index (χ0v) is 13.4. The first kappa shape index (κ1) is 14.7. The highest BCUT2D eigenvalue weighted by molar-refractivity contribution is 5.94. The van der Waals surface area contributed by atoms with Gasteiger partial charge in [0.25, 0.3) is 5.91 Å². The number of aromatic nitrogens is 2. The third-order valence-corrected chi connectivity index (χ3v) is 4.58. The molecule has 0 aliphatic carbocycles. The predicted octanol–water partition coefficient (Wildman–Crippen LogP) is 3.85. The van der Waals surface area contributed by atoms with E-state index in [1.165, 1.54) is 5.56 Å². The highest BCUT2D eigenvalue weighted by Gasteiger charge is 2.30. The zero-order valence-electron chi connectivity index (χ0n) is 13.4. The minimum Gasteiger partial charge on any atom is -0.332 e. The summed E-state index contributed by atoms with van der Waals surface area (Å²) in [6.07, 6.45) is 5.72. The molecule has 1 atom stereocenters. The minimum atomic E-state index is 0.105. The summed E-state index contributed by atoms with van der Waals surface area (Å²) in [5.74, 6) is 0.105. The molecule has 120 valence electrons. The van der Waals surface area contributed by atoms with Crippen molar-refractivity contribution in [1.29, 1.82) is 0 Å². The van der Waals surface area contributed by atoms with E-state index in [1.807, 2.05) is 59.6 Å². The Morgan fingerprint density at radius 3 is 2.50 bits per heavy atom. The van der Waals surface area contributed by atoms with Crippen LogP contribution in [0.15, 0.2) is 73.1 Å². The topological polar surface area (TPSA) is 38.1 Å². The molecule has 1 aliphatic rings. The molecule has 4 nitrogen and oxygen atoms in total. The number of benzene rings is 2. The third kappa shape index (κ3) is 2.71. The van der Waals surface area contributed by atoms with Gasteiger partial charge in [-0.3, -0.25) is 4.79 Å². The molecule has 1 fully saturated rings. The van der Waals surface area contributed by atoms with Gasteiger partial charge in [-0.05, 0) is 48.7 Å². The number of amides is 1. The van der Waals surface area contributed by atoms with Crippen LogP contribution in [0.3, 0.4) is 0 Å². The zero-order chi connectivity index (χ0) is 16.4. The van der Waals surface area contributed by atoms with Crippen molar-refractivity contribution in [3.05, 3.63) is 84.2 Å². The van der Waals surface area contributed by atoms with Gasteiger partial charge in [0, 0.05) is 24.5 Å². The molecule has 4 heteroatoms. The van der Waals surface area contributed by atoms with Crippen LogP contribution in [0.1, 0.15) is 34.8 Å². The molecular formula is C20H19N3O. The van der Waals surface area contributed by atoms with Crippen LogP contribution in [0, 0.1) is 0 Å². The van der Waals surface area contributed by atoms with Crippen LogP contribution in [0.5, 0.6) is 0 Å². The van der Waals surface area contributed by atoms with E-state index in [9.17, 15) is 4.79 Å². The monoisotopic (exact) mass is 317 g/mol. The van der Waals surface area contributed by atoms with Crippen LogP contribution in [-0.4, -0.2) is 27.1 Å². The summed E-state index contributed by atoms with van der Waals surface area (Å²) in [7, 11) is 0. The summed E-state index contributed by atoms with van der Waals surface area (Å²) in [5.41, 5.74) is 2.91. The lowest BCUT2D eigenvalue weighted by Gasteiger charge is -2.25. The van der Waals surface area contributed by atoms with Crippen molar-refractivity contribution in [2.75, 3.05) is 6.54 Å². The lowest BCUT2D eigenvalue weighted by Crippen LogP contribution is -2.30. The van der Waals surface area contributed by atoms with E-state index in [0.717, 1.165) is 30.6 Å². The van der Waals surface area contributed by atoms with Gasteiger partial charge in [-0.15, -0.1) is 0 Å². The van der Waals surface area contributed by atoms with Gasteiger partial charge in [-0.25, -0.2) is 4.68 Å². The Kier molecular flexibility index (Phi) is 3.87. The summed E-state index contributed by atoms with van der Waals surface area (Å²) in [6, 6.07) is 20.0. The first-order chi connectivity index (χ1) is 11.8. The van der Waals surface area contributed by atoms with E-state index in [1.54, 1.807) is 10.9 Å². The molecule has 3 aromatic rings. The van der Waals surface area contributed by atoms with Crippen LogP contribution < -0.4 is 0 Å². The van der Waals surface area contributed by atoms with Gasteiger partial charge >= 0.3 is 0 Å². The molecule has 1 amide bonds. The van der Waals surface area contributed by atoms with Gasteiger partial charge in [0.2, 0.25) is 0 Å². The summed E-state index contributed by atoms with van der Waals surface area (Å²) in [6.45, 7) is 0.819. The molecule has 0 radical (unpaired) electrons. The van der Waals surface area contributed by atoms with Crippen LogP contribution in [-0.2, 0) is 0 Å². The average Bonchev–Trinajstić information content (AvgIpc) is 3.34. The number of carbonyl (C=O) groups excluding carboxylic acids is 1. The smallest absolute Gasteiger partial charge is 0.254 e. The van der Waals surface area contributed by atoms with Crippen molar-refractivity contribution in [2.45, 2.75) is 18.9 Å². The van der Waals surface area contributed by atoms with Crippen molar-refractivity contribution in [3.63, 3.8) is 0 Å². The van der Waals surface area contributed by atoms with E-state index >= 15 is 0 Å². The summed E-state index contributed by atoms with van der Waals surface area (Å²) in [5, 5.41) is 4.21. The highest BCUT2D eigenvalue weighted by atomic mass is 16.2. The van der Waals surface area contributed by atoms with Gasteiger partial charge in [-0.1, -0.05) is 30.3 Å². The summed E-state index contributed by atoms with van der Waals surface area (Å²) in [4.78, 5) is 14.9. The number of carbonyl (C=O) groups is 1. The molecule has 0 N–H and O–H groups in total. The van der Waals surface area contributed by atoms with E-state index < -0.39 is 0 Å². The average molecular weight is 317 g/mol. The van der Waals surface area contributed by atoms with Gasteiger partial charge in [-0.2, -0.15) is 5.10 Å². The van der Waals surface area contributed by atoms with Crippen LogP contribution in [0.25, 0.3) is 5.69 Å². The summed E-state index contributed by atoms with van der Waals surface area (Å²) < 4.78 is 1.79. The number of hydrogen-bond donors (Lipinski definition) is 0. The maximum atomic E-state index is 12.9. The number of rotatable bonds is 3. The number of nitrogens with zero attached hydrogens (tertiary/aromatic N) is 3. The van der Waals surface area contributed by atoms with Gasteiger partial charge < -0.3 is 4.90 Å². The molecule has 1 saturated heterocycles. The molecule has 1 aromatic heterocycles. The van der Waals surface area contributed by atoms with E-state index in [4.69, 9.17) is 0 Å². The molecule has 2 heterocycles. The molecule has 1 aliphatic heterocycles. The quantitative estimate of drug-likeness (QED) is 0.736.